The van der Waals surface area contributed by atoms with E-state index in [0.717, 1.165) is 47.5 Å². The van der Waals surface area contributed by atoms with Crippen LogP contribution in [0.5, 0.6) is 0 Å². The summed E-state index contributed by atoms with van der Waals surface area (Å²) < 4.78 is 8.65. The van der Waals surface area contributed by atoms with Gasteiger partial charge in [-0.05, 0) is 61.7 Å². The lowest BCUT2D eigenvalue weighted by atomic mass is 9.82. The summed E-state index contributed by atoms with van der Waals surface area (Å²) in [6.07, 6.45) is 3.50. The summed E-state index contributed by atoms with van der Waals surface area (Å²) in [5.41, 5.74) is 3.25. The van der Waals surface area contributed by atoms with E-state index in [1.807, 2.05) is 109 Å². The first-order valence-corrected chi connectivity index (χ1v) is 19.9. The van der Waals surface area contributed by atoms with Crippen LogP contribution in [0.1, 0.15) is 61.1 Å². The quantitative estimate of drug-likeness (QED) is 0.233. The first kappa shape index (κ1) is 32.4. The normalized spacial score (nSPS) is 24.8. The number of carbonyl (C=O) groups excluding carboxylic acids is 2. The molecule has 4 heterocycles. The second kappa shape index (κ2) is 12.7. The molecule has 5 atom stereocenters. The Balaban J connectivity index is 1.13. The average Bonchev–Trinajstić information content (AvgIpc) is 3.75. The molecule has 7 rings (SSSR count). The van der Waals surface area contributed by atoms with E-state index in [0.29, 0.717) is 31.6 Å². The zero-order chi connectivity index (χ0) is 33.6. The van der Waals surface area contributed by atoms with Crippen molar-refractivity contribution in [1.82, 2.24) is 15.0 Å². The number of nitrogens with zero attached hydrogens (tertiary/aromatic N) is 5. The van der Waals surface area contributed by atoms with Crippen LogP contribution in [0.3, 0.4) is 0 Å². The molecular weight excluding hydrogens is 623 g/mol. The number of ether oxygens (including phenoxy) is 1. The fourth-order valence-corrected chi connectivity index (χ4v) is 10.7. The zero-order valence-electron chi connectivity index (χ0n) is 27.7. The first-order valence-electron chi connectivity index (χ1n) is 16.9. The smallest absolute Gasteiger partial charge is 0.264 e. The molecule has 0 radical (unpaired) electrons. The van der Waals surface area contributed by atoms with E-state index >= 15 is 0 Å². The fourth-order valence-electron chi connectivity index (χ4n) is 8.11. The minimum absolute atomic E-state index is 0.119. The number of carbonyl (C=O) groups is 2. The summed E-state index contributed by atoms with van der Waals surface area (Å²) in [6, 6.07) is 25.1. The highest BCUT2D eigenvalue weighted by Crippen LogP contribution is 2.59. The molecule has 0 aliphatic carbocycles. The zero-order valence-corrected chi connectivity index (χ0v) is 28.7. The molecule has 10 nitrogen and oxygen atoms in total. The van der Waals surface area contributed by atoms with Crippen LogP contribution in [0.15, 0.2) is 85.1 Å². The molecule has 48 heavy (non-hydrogen) atoms. The summed E-state index contributed by atoms with van der Waals surface area (Å²) in [5.74, 6) is -0.238. The number of hydrogen-bond donors (Lipinski definition) is 2. The summed E-state index contributed by atoms with van der Waals surface area (Å²) >= 11 is 0. The minimum Gasteiger partial charge on any atom is -0.432 e. The van der Waals surface area contributed by atoms with Crippen molar-refractivity contribution in [3.63, 3.8) is 0 Å². The van der Waals surface area contributed by atoms with E-state index in [-0.39, 0.29) is 23.3 Å². The van der Waals surface area contributed by atoms with Gasteiger partial charge in [0.15, 0.2) is 13.9 Å². The number of amides is 2. The molecule has 0 bridgehead atoms. The number of rotatable bonds is 9. The van der Waals surface area contributed by atoms with Crippen molar-refractivity contribution in [1.29, 1.82) is 0 Å². The lowest BCUT2D eigenvalue weighted by Gasteiger charge is -2.32. The molecule has 2 fully saturated rings. The summed E-state index contributed by atoms with van der Waals surface area (Å²) in [7, 11) is -2.83. The van der Waals surface area contributed by atoms with Gasteiger partial charge in [-0.2, -0.15) is 0 Å². The lowest BCUT2D eigenvalue weighted by molar-refractivity contribution is -0.146. The van der Waals surface area contributed by atoms with Crippen LogP contribution < -0.4 is 9.80 Å². The van der Waals surface area contributed by atoms with Crippen LogP contribution in [-0.2, 0) is 33.0 Å². The number of benzene rings is 3. The van der Waals surface area contributed by atoms with Crippen molar-refractivity contribution >= 4 is 31.5 Å². The summed E-state index contributed by atoms with van der Waals surface area (Å²) in [4.78, 5) is 42.4. The summed E-state index contributed by atoms with van der Waals surface area (Å²) in [6.45, 7) is 7.43. The van der Waals surface area contributed by atoms with Gasteiger partial charge in [-0.1, -0.05) is 72.8 Å². The first-order chi connectivity index (χ1) is 23.1. The largest absolute Gasteiger partial charge is 0.432 e. The number of aliphatic hydroxyl groups excluding tert-OH is 1. The highest BCUT2D eigenvalue weighted by molar-refractivity contribution is 6.71. The van der Waals surface area contributed by atoms with Crippen molar-refractivity contribution in [2.75, 3.05) is 16.3 Å². The molecule has 250 valence electrons. The van der Waals surface area contributed by atoms with Gasteiger partial charge in [-0.25, -0.2) is 0 Å². The Morgan fingerprint density at radius 3 is 2.46 bits per heavy atom. The van der Waals surface area contributed by atoms with Crippen LogP contribution in [-0.4, -0.2) is 57.7 Å². The molecule has 3 aromatic carbocycles. The maximum absolute atomic E-state index is 14.7. The fraction of sp³-hybridized carbons (Fsp3) is 0.405. The van der Waals surface area contributed by atoms with E-state index in [1.165, 1.54) is 0 Å². The molecule has 2 N–H and O–H groups in total. The van der Waals surface area contributed by atoms with Crippen LogP contribution >= 0.6 is 0 Å². The Hall–Kier alpha value is -4.16. The molecule has 1 aromatic heterocycles. The molecule has 2 saturated heterocycles. The van der Waals surface area contributed by atoms with Gasteiger partial charge >= 0.3 is 0 Å². The van der Waals surface area contributed by atoms with Crippen molar-refractivity contribution in [3.05, 3.63) is 107 Å². The molecule has 0 unspecified atom stereocenters. The average molecular weight is 666 g/mol. The molecule has 1 spiro atoms. The number of hydrogen-bond acceptors (Lipinski definition) is 7. The number of piperidine rings is 1. The Morgan fingerprint density at radius 2 is 1.73 bits per heavy atom. The van der Waals surface area contributed by atoms with E-state index < -0.39 is 26.1 Å². The van der Waals surface area contributed by atoms with Gasteiger partial charge in [0.25, 0.3) is 5.91 Å². The van der Waals surface area contributed by atoms with Crippen LogP contribution in [0, 0.1) is 5.92 Å². The van der Waals surface area contributed by atoms with E-state index in [4.69, 9.17) is 4.74 Å². The third-order valence-corrected chi connectivity index (χ3v) is 12.9. The van der Waals surface area contributed by atoms with E-state index in [2.05, 4.69) is 10.3 Å². The Morgan fingerprint density at radius 1 is 1.00 bits per heavy atom. The topological polar surface area (TPSA) is 121 Å². The van der Waals surface area contributed by atoms with Crippen LogP contribution in [0.4, 0.5) is 11.4 Å². The van der Waals surface area contributed by atoms with Crippen molar-refractivity contribution in [2.24, 2.45) is 5.92 Å². The Bertz CT molecular complexity index is 1790. The highest BCUT2D eigenvalue weighted by atomic mass is 28.4. The second-order valence-electron chi connectivity index (χ2n) is 13.9. The number of anilines is 2. The number of aliphatic hydroxyl groups is 1. The molecular formula is C37H43N5O5Si. The maximum atomic E-state index is 14.7. The van der Waals surface area contributed by atoms with E-state index in [9.17, 15) is 19.5 Å². The van der Waals surface area contributed by atoms with Crippen molar-refractivity contribution in [3.8, 4) is 0 Å². The molecule has 0 saturated carbocycles. The molecule has 11 heteroatoms. The monoisotopic (exact) mass is 665 g/mol. The molecule has 2 amide bonds. The van der Waals surface area contributed by atoms with Gasteiger partial charge < -0.3 is 24.4 Å². The van der Waals surface area contributed by atoms with Gasteiger partial charge in [-0.3, -0.25) is 14.3 Å². The van der Waals surface area contributed by atoms with Crippen LogP contribution in [0.25, 0.3) is 0 Å². The number of aromatic nitrogens is 3. The molecule has 3 aliphatic rings. The predicted octanol–water partition coefficient (Wildman–Crippen LogP) is 5.31. The van der Waals surface area contributed by atoms with Gasteiger partial charge in [0.05, 0.1) is 24.5 Å². The maximum Gasteiger partial charge on any atom is 0.264 e. The molecule has 4 aromatic rings. The lowest BCUT2D eigenvalue weighted by Crippen LogP contribution is -2.46. The standard InChI is InChI=1S/C37H43N5O5Si/c1-25-35(48(2,3)46)32(20-22-40-24-30(38-39-40)34(44)27-11-5-4-6-12-27)47-37(25)29-13-7-8-14-31(29)42(36(37)45)23-26-16-18-28(19-17-26)41-21-10-9-15-33(41)43/h4-8,11-14,16-19,24-25,32,34-35,44,46H,9-10,15,20-23H2,1-3H3/t25-,32+,34-,35-,37+/m1/s1. The highest BCUT2D eigenvalue weighted by Gasteiger charge is 2.66. The van der Waals surface area contributed by atoms with Crippen molar-refractivity contribution in [2.45, 2.75) is 82.1 Å². The Kier molecular flexibility index (Phi) is 8.57. The second-order valence-corrected chi connectivity index (χ2v) is 17.9. The Labute approximate surface area is 282 Å². The van der Waals surface area contributed by atoms with Crippen molar-refractivity contribution < 1.29 is 24.2 Å². The third kappa shape index (κ3) is 5.68. The minimum atomic E-state index is -2.83. The predicted molar refractivity (Wildman–Crippen MR) is 185 cm³/mol. The van der Waals surface area contributed by atoms with E-state index in [1.54, 1.807) is 10.9 Å². The number of para-hydroxylation sites is 1. The van der Waals surface area contributed by atoms with Crippen LogP contribution in [0.2, 0.25) is 18.6 Å². The van der Waals surface area contributed by atoms with Gasteiger partial charge in [0.1, 0.15) is 11.8 Å². The summed E-state index contributed by atoms with van der Waals surface area (Å²) in [5, 5.41) is 19.3. The third-order valence-electron chi connectivity index (χ3n) is 10.4. The number of fused-ring (bicyclic) bond motifs is 2. The molecule has 3 aliphatic heterocycles. The van der Waals surface area contributed by atoms with Gasteiger partial charge in [0, 0.05) is 42.2 Å². The number of aryl methyl sites for hydroxylation is 1. The van der Waals surface area contributed by atoms with Gasteiger partial charge in [-0.15, -0.1) is 5.10 Å². The SMILES string of the molecule is C[C@@H]1[C@@H]([Si](C)(C)O)[C@H](CCn2cc([C@H](O)c3ccccc3)nn2)O[C@@]12C(=O)N(Cc1ccc(N3CCCCC3=O)cc1)c1ccccc12. The van der Waals surface area contributed by atoms with Gasteiger partial charge in [0.2, 0.25) is 5.91 Å².